The molecule has 0 spiro atoms. The molecule has 0 radical (unpaired) electrons. The van der Waals surface area contributed by atoms with Crippen molar-refractivity contribution in [3.63, 3.8) is 0 Å². The van der Waals surface area contributed by atoms with E-state index in [0.717, 1.165) is 4.90 Å². The molecular formula is C18H27N4O4+. The maximum absolute atomic E-state index is 12.3. The Hall–Kier alpha value is -2.61. The molecule has 0 unspecified atom stereocenters. The lowest BCUT2D eigenvalue weighted by Crippen LogP contribution is -3.15. The molecule has 1 heterocycles. The number of ether oxygens (including phenoxy) is 1. The number of hydrogen-bond acceptors (Lipinski definition) is 4. The molecule has 0 saturated carbocycles. The second-order valence-corrected chi connectivity index (χ2v) is 6.10. The van der Waals surface area contributed by atoms with Gasteiger partial charge in [-0.15, -0.1) is 0 Å². The van der Waals surface area contributed by atoms with Gasteiger partial charge in [-0.2, -0.15) is 0 Å². The van der Waals surface area contributed by atoms with Crippen molar-refractivity contribution in [2.24, 2.45) is 0 Å². The summed E-state index contributed by atoms with van der Waals surface area (Å²) in [5.74, 6) is -0.276. The second-order valence-electron chi connectivity index (χ2n) is 6.10. The number of amides is 3. The lowest BCUT2D eigenvalue weighted by atomic mass is 10.2. The maximum Gasteiger partial charge on any atom is 0.410 e. The van der Waals surface area contributed by atoms with Crippen LogP contribution in [0.25, 0.3) is 0 Å². The highest BCUT2D eigenvalue weighted by atomic mass is 16.6. The third-order valence-electron chi connectivity index (χ3n) is 4.15. The normalized spacial score (nSPS) is 14.6. The number of hydrogen-bond donors (Lipinski definition) is 3. The highest BCUT2D eigenvalue weighted by Gasteiger charge is 2.25. The van der Waals surface area contributed by atoms with Crippen molar-refractivity contribution in [3.8, 4) is 0 Å². The van der Waals surface area contributed by atoms with E-state index in [9.17, 15) is 14.4 Å². The van der Waals surface area contributed by atoms with Gasteiger partial charge in [0.25, 0.3) is 11.8 Å². The van der Waals surface area contributed by atoms with Gasteiger partial charge in [0, 0.05) is 17.8 Å². The van der Waals surface area contributed by atoms with Crippen molar-refractivity contribution < 1.29 is 24.0 Å². The molecule has 1 fully saturated rings. The summed E-state index contributed by atoms with van der Waals surface area (Å²) in [5, 5.41) is 5.57. The van der Waals surface area contributed by atoms with Gasteiger partial charge in [0.05, 0.1) is 32.8 Å². The molecule has 1 aromatic rings. The van der Waals surface area contributed by atoms with Crippen molar-refractivity contribution in [2.45, 2.75) is 13.8 Å². The van der Waals surface area contributed by atoms with E-state index >= 15 is 0 Å². The topological polar surface area (TPSA) is 92.2 Å². The summed E-state index contributed by atoms with van der Waals surface area (Å²) >= 11 is 0. The molecule has 1 aliphatic rings. The summed E-state index contributed by atoms with van der Waals surface area (Å²) < 4.78 is 4.99. The third kappa shape index (κ3) is 5.73. The quantitative estimate of drug-likeness (QED) is 0.649. The van der Waals surface area contributed by atoms with Gasteiger partial charge in [-0.05, 0) is 32.0 Å². The van der Waals surface area contributed by atoms with Gasteiger partial charge in [-0.1, -0.05) is 6.07 Å². The first-order valence-electron chi connectivity index (χ1n) is 8.96. The molecule has 3 N–H and O–H groups in total. The molecule has 0 aromatic heterocycles. The van der Waals surface area contributed by atoms with E-state index in [1.54, 1.807) is 36.1 Å². The Labute approximate surface area is 153 Å². The molecule has 142 valence electrons. The van der Waals surface area contributed by atoms with Gasteiger partial charge in [0.15, 0.2) is 6.54 Å². The number of carbonyl (C=O) groups is 3. The summed E-state index contributed by atoms with van der Waals surface area (Å²) in [6.07, 6.45) is -0.293. The summed E-state index contributed by atoms with van der Waals surface area (Å²) in [6.45, 7) is 7.43. The Morgan fingerprint density at radius 2 is 1.92 bits per heavy atom. The molecule has 1 aromatic carbocycles. The summed E-state index contributed by atoms with van der Waals surface area (Å²) in [7, 11) is 0. The van der Waals surface area contributed by atoms with Gasteiger partial charge in [-0.3, -0.25) is 14.5 Å². The predicted molar refractivity (Wildman–Crippen MR) is 97.2 cm³/mol. The Morgan fingerprint density at radius 3 is 2.58 bits per heavy atom. The highest BCUT2D eigenvalue weighted by Crippen LogP contribution is 2.10. The molecule has 0 aliphatic carbocycles. The number of piperazine rings is 1. The lowest BCUT2D eigenvalue weighted by Gasteiger charge is -2.31. The van der Waals surface area contributed by atoms with Gasteiger partial charge in [0.1, 0.15) is 0 Å². The predicted octanol–water partition coefficient (Wildman–Crippen LogP) is -0.268. The van der Waals surface area contributed by atoms with E-state index in [-0.39, 0.29) is 17.9 Å². The number of anilines is 1. The van der Waals surface area contributed by atoms with E-state index in [2.05, 4.69) is 10.6 Å². The van der Waals surface area contributed by atoms with Crippen molar-refractivity contribution in [2.75, 3.05) is 51.2 Å². The van der Waals surface area contributed by atoms with Crippen LogP contribution in [0.3, 0.4) is 0 Å². The molecule has 26 heavy (non-hydrogen) atoms. The van der Waals surface area contributed by atoms with E-state index in [0.29, 0.717) is 57.1 Å². The van der Waals surface area contributed by atoms with Crippen LogP contribution < -0.4 is 15.5 Å². The van der Waals surface area contributed by atoms with Crippen LogP contribution >= 0.6 is 0 Å². The zero-order valence-corrected chi connectivity index (χ0v) is 15.3. The Balaban J connectivity index is 1.82. The van der Waals surface area contributed by atoms with Crippen molar-refractivity contribution in [1.29, 1.82) is 0 Å². The zero-order chi connectivity index (χ0) is 18.9. The standard InChI is InChI=1S/C18H26N4O4/c1-3-19-17(24)14-6-5-7-15(12-14)20-16(23)13-21-8-10-22(11-9-21)18(25)26-4-2/h5-7,12H,3-4,8-11,13H2,1-2H3,(H,19,24)(H,20,23)/p+1. The largest absolute Gasteiger partial charge is 0.450 e. The van der Waals surface area contributed by atoms with Crippen LogP contribution in [0, 0.1) is 0 Å². The first kappa shape index (κ1) is 19.7. The average molecular weight is 363 g/mol. The minimum Gasteiger partial charge on any atom is -0.450 e. The molecule has 1 aliphatic heterocycles. The maximum atomic E-state index is 12.3. The third-order valence-corrected chi connectivity index (χ3v) is 4.15. The fourth-order valence-corrected chi connectivity index (χ4v) is 2.83. The van der Waals surface area contributed by atoms with E-state index in [1.807, 2.05) is 6.92 Å². The van der Waals surface area contributed by atoms with Gasteiger partial charge in [-0.25, -0.2) is 4.79 Å². The Bertz CT molecular complexity index is 642. The van der Waals surface area contributed by atoms with Gasteiger partial charge < -0.3 is 20.3 Å². The minimum atomic E-state index is -0.293. The van der Waals surface area contributed by atoms with Crippen molar-refractivity contribution >= 4 is 23.6 Å². The van der Waals surface area contributed by atoms with Crippen LogP contribution in [0.15, 0.2) is 24.3 Å². The Morgan fingerprint density at radius 1 is 1.19 bits per heavy atom. The highest BCUT2D eigenvalue weighted by molar-refractivity contribution is 5.97. The first-order chi connectivity index (χ1) is 12.5. The average Bonchev–Trinajstić information content (AvgIpc) is 2.63. The van der Waals surface area contributed by atoms with Crippen LogP contribution in [-0.4, -0.2) is 68.7 Å². The fourth-order valence-electron chi connectivity index (χ4n) is 2.83. The van der Waals surface area contributed by atoms with Gasteiger partial charge in [0.2, 0.25) is 0 Å². The molecule has 0 bridgehead atoms. The number of benzene rings is 1. The summed E-state index contributed by atoms with van der Waals surface area (Å²) in [4.78, 5) is 38.6. The molecule has 8 nitrogen and oxygen atoms in total. The van der Waals surface area contributed by atoms with Crippen molar-refractivity contribution in [1.82, 2.24) is 10.2 Å². The number of carbonyl (C=O) groups excluding carboxylic acids is 3. The molecule has 1 saturated heterocycles. The molecular weight excluding hydrogens is 336 g/mol. The van der Waals surface area contributed by atoms with E-state index in [1.165, 1.54) is 0 Å². The zero-order valence-electron chi connectivity index (χ0n) is 15.3. The summed E-state index contributed by atoms with van der Waals surface area (Å²) in [6, 6.07) is 6.87. The SMILES string of the molecule is CCNC(=O)c1cccc(NC(=O)C[NH+]2CCN(C(=O)OCC)CC2)c1. The second kappa shape index (κ2) is 9.76. The molecule has 2 rings (SSSR count). The number of nitrogens with one attached hydrogen (secondary N) is 3. The monoisotopic (exact) mass is 363 g/mol. The molecule has 3 amide bonds. The number of rotatable bonds is 6. The molecule has 8 heteroatoms. The van der Waals surface area contributed by atoms with E-state index < -0.39 is 0 Å². The first-order valence-corrected chi connectivity index (χ1v) is 8.96. The van der Waals surface area contributed by atoms with E-state index in [4.69, 9.17) is 4.74 Å². The van der Waals surface area contributed by atoms with Crippen LogP contribution in [0.1, 0.15) is 24.2 Å². The van der Waals surface area contributed by atoms with Crippen molar-refractivity contribution in [3.05, 3.63) is 29.8 Å². The van der Waals surface area contributed by atoms with Gasteiger partial charge >= 0.3 is 6.09 Å². The number of quaternary nitrogens is 1. The summed E-state index contributed by atoms with van der Waals surface area (Å²) in [5.41, 5.74) is 1.11. The lowest BCUT2D eigenvalue weighted by molar-refractivity contribution is -0.895. The van der Waals surface area contributed by atoms with Crippen LogP contribution in [0.5, 0.6) is 0 Å². The fraction of sp³-hybridized carbons (Fsp3) is 0.500. The molecule has 0 atom stereocenters. The minimum absolute atomic E-state index is 0.113. The smallest absolute Gasteiger partial charge is 0.410 e. The van der Waals surface area contributed by atoms with Crippen LogP contribution in [-0.2, 0) is 9.53 Å². The van der Waals surface area contributed by atoms with Crippen LogP contribution in [0.4, 0.5) is 10.5 Å². The Kier molecular flexibility index (Phi) is 7.40. The number of nitrogens with zero attached hydrogens (tertiary/aromatic N) is 1. The van der Waals surface area contributed by atoms with Crippen LogP contribution in [0.2, 0.25) is 0 Å².